The lowest BCUT2D eigenvalue weighted by atomic mass is 9.71. The average molecular weight is 427 g/mol. The molecule has 8 nitrogen and oxygen atoms in total. The van der Waals surface area contributed by atoms with Crippen LogP contribution in [0.5, 0.6) is 5.75 Å². The van der Waals surface area contributed by atoms with Crippen molar-refractivity contribution in [2.75, 3.05) is 0 Å². The lowest BCUT2D eigenvalue weighted by molar-refractivity contribution is -0.303. The highest BCUT2D eigenvalue weighted by atomic mass is 16.7. The van der Waals surface area contributed by atoms with E-state index in [2.05, 4.69) is 0 Å². The first-order valence-electron chi connectivity index (χ1n) is 10.0. The van der Waals surface area contributed by atoms with Crippen molar-refractivity contribution in [3.05, 3.63) is 53.6 Å². The van der Waals surface area contributed by atoms with Crippen molar-refractivity contribution >= 4 is 12.1 Å². The normalized spacial score (nSPS) is 26.5. The molecule has 0 radical (unpaired) electrons. The topological polar surface area (TPSA) is 128 Å². The van der Waals surface area contributed by atoms with Crippen LogP contribution in [0.3, 0.4) is 0 Å². The number of aromatic carboxylic acids is 1. The van der Waals surface area contributed by atoms with Gasteiger partial charge in [-0.15, -0.1) is 0 Å². The number of aliphatic hydroxyl groups excluding tert-OH is 1. The molecule has 1 fully saturated rings. The average Bonchev–Trinajstić information content (AvgIpc) is 2.69. The summed E-state index contributed by atoms with van der Waals surface area (Å²) in [6.07, 6.45) is -2.30. The molecule has 0 aromatic heterocycles. The van der Waals surface area contributed by atoms with Crippen molar-refractivity contribution < 1.29 is 34.0 Å². The molecule has 2 aromatic carbocycles. The predicted molar refractivity (Wildman–Crippen MR) is 110 cm³/mol. The van der Waals surface area contributed by atoms with Gasteiger partial charge in [0.2, 0.25) is 0 Å². The Morgan fingerprint density at radius 3 is 2.65 bits per heavy atom. The van der Waals surface area contributed by atoms with Gasteiger partial charge in [-0.05, 0) is 41.2 Å². The summed E-state index contributed by atoms with van der Waals surface area (Å²) < 4.78 is 17.5. The molecule has 8 heteroatoms. The quantitative estimate of drug-likeness (QED) is 0.685. The van der Waals surface area contributed by atoms with Gasteiger partial charge < -0.3 is 30.2 Å². The van der Waals surface area contributed by atoms with E-state index in [1.807, 2.05) is 19.9 Å². The number of primary amides is 1. The molecule has 4 rings (SSSR count). The van der Waals surface area contributed by atoms with Gasteiger partial charge in [0.25, 0.3) is 5.79 Å². The Morgan fingerprint density at radius 1 is 1.19 bits per heavy atom. The number of carboxylic acids is 1. The van der Waals surface area contributed by atoms with Crippen molar-refractivity contribution in [2.45, 2.75) is 51.3 Å². The van der Waals surface area contributed by atoms with Crippen LogP contribution in [-0.4, -0.2) is 40.3 Å². The van der Waals surface area contributed by atoms with E-state index < -0.39 is 30.1 Å². The molecule has 1 aliphatic heterocycles. The highest BCUT2D eigenvalue weighted by molar-refractivity contribution is 5.96. The lowest BCUT2D eigenvalue weighted by Crippen LogP contribution is -2.64. The Hall–Kier alpha value is -3.10. The molecule has 0 saturated heterocycles. The first kappa shape index (κ1) is 21.1. The molecular formula is C23H25NO7. The van der Waals surface area contributed by atoms with Gasteiger partial charge in [0, 0.05) is 12.0 Å². The molecule has 0 unspecified atom stereocenters. The van der Waals surface area contributed by atoms with Crippen molar-refractivity contribution in [1.29, 1.82) is 0 Å². The second-order valence-electron chi connectivity index (χ2n) is 8.85. The molecule has 3 atom stereocenters. The maximum Gasteiger partial charge on any atom is 0.405 e. The van der Waals surface area contributed by atoms with Crippen LogP contribution >= 0.6 is 0 Å². The number of hydrogen-bond donors (Lipinski definition) is 3. The van der Waals surface area contributed by atoms with E-state index in [1.54, 1.807) is 36.4 Å². The van der Waals surface area contributed by atoms with Crippen LogP contribution in [0, 0.1) is 5.41 Å². The smallest absolute Gasteiger partial charge is 0.405 e. The maximum absolute atomic E-state index is 11.6. The molecule has 1 saturated carbocycles. The number of carbonyl (C=O) groups excluding carboxylic acids is 1. The molecular weight excluding hydrogens is 402 g/mol. The number of hydrogen-bond acceptors (Lipinski definition) is 6. The Kier molecular flexibility index (Phi) is 5.15. The van der Waals surface area contributed by atoms with Gasteiger partial charge in [-0.25, -0.2) is 9.59 Å². The fraction of sp³-hybridized carbons (Fsp3) is 0.391. The summed E-state index contributed by atoms with van der Waals surface area (Å²) in [4.78, 5) is 23.0. The van der Waals surface area contributed by atoms with E-state index in [-0.39, 0.29) is 17.6 Å². The first-order chi connectivity index (χ1) is 14.6. The van der Waals surface area contributed by atoms with E-state index in [0.717, 1.165) is 5.56 Å². The third-order valence-electron chi connectivity index (χ3n) is 5.80. The molecule has 164 valence electrons. The zero-order valence-corrected chi connectivity index (χ0v) is 17.3. The minimum atomic E-state index is -1.37. The van der Waals surface area contributed by atoms with Gasteiger partial charge in [0.1, 0.15) is 5.75 Å². The lowest BCUT2D eigenvalue weighted by Gasteiger charge is -2.51. The third-order valence-corrected chi connectivity index (χ3v) is 5.80. The van der Waals surface area contributed by atoms with Gasteiger partial charge in [-0.1, -0.05) is 38.1 Å². The SMILES string of the molecule is CC1(C)C[C@@H](O)[C@@H](OC(N)=O)[C@]2(C1)OCc1cc(-c3ccccc3C(=O)O)ccc1O2. The van der Waals surface area contributed by atoms with Gasteiger partial charge in [-0.3, -0.25) is 0 Å². The van der Waals surface area contributed by atoms with Crippen LogP contribution in [0.2, 0.25) is 0 Å². The van der Waals surface area contributed by atoms with Crippen LogP contribution in [0.15, 0.2) is 42.5 Å². The standard InChI is InChI=1S/C23H25NO7/c1-22(2)10-17(25)19(30-21(24)28)23(12-22)29-11-14-9-13(7-8-18(14)31-23)15-5-3-4-6-16(15)20(26)27/h3-9,17,19,25H,10-12H2,1-2H3,(H2,24,28)(H,26,27)/t17-,19-,23-/m1/s1. The van der Waals surface area contributed by atoms with Crippen LogP contribution < -0.4 is 10.5 Å². The molecule has 1 heterocycles. The molecule has 2 aromatic rings. The Balaban J connectivity index is 1.70. The molecule has 1 spiro atoms. The predicted octanol–water partition coefficient (Wildman–Crippen LogP) is 3.30. The van der Waals surface area contributed by atoms with Gasteiger partial charge in [-0.2, -0.15) is 0 Å². The van der Waals surface area contributed by atoms with Gasteiger partial charge in [0.05, 0.1) is 18.3 Å². The molecule has 0 bridgehead atoms. The second kappa shape index (κ2) is 7.55. The largest absolute Gasteiger partial charge is 0.478 e. The number of rotatable bonds is 3. The molecule has 31 heavy (non-hydrogen) atoms. The highest BCUT2D eigenvalue weighted by Gasteiger charge is 2.58. The van der Waals surface area contributed by atoms with Crippen molar-refractivity contribution in [3.63, 3.8) is 0 Å². The highest BCUT2D eigenvalue weighted by Crippen LogP contribution is 2.48. The van der Waals surface area contributed by atoms with Crippen molar-refractivity contribution in [2.24, 2.45) is 11.1 Å². The first-order valence-corrected chi connectivity index (χ1v) is 10.0. The summed E-state index contributed by atoms with van der Waals surface area (Å²) in [5, 5.41) is 20.1. The number of nitrogens with two attached hydrogens (primary N) is 1. The van der Waals surface area contributed by atoms with Gasteiger partial charge in [0.15, 0.2) is 6.10 Å². The number of aliphatic hydroxyl groups is 1. The number of carboxylic acid groups (broad SMARTS) is 1. The maximum atomic E-state index is 11.6. The van der Waals surface area contributed by atoms with E-state index in [9.17, 15) is 19.8 Å². The van der Waals surface area contributed by atoms with Crippen LogP contribution in [0.4, 0.5) is 4.79 Å². The summed E-state index contributed by atoms with van der Waals surface area (Å²) in [6, 6.07) is 12.1. The van der Waals surface area contributed by atoms with Crippen LogP contribution in [0.1, 0.15) is 42.6 Å². The summed E-state index contributed by atoms with van der Waals surface area (Å²) in [6.45, 7) is 4.10. The van der Waals surface area contributed by atoms with Crippen molar-refractivity contribution in [3.8, 4) is 16.9 Å². The molecule has 1 amide bonds. The summed E-state index contributed by atoms with van der Waals surface area (Å²) in [5.74, 6) is -1.86. The Bertz CT molecular complexity index is 1030. The fourth-order valence-electron chi connectivity index (χ4n) is 4.62. The van der Waals surface area contributed by atoms with E-state index in [4.69, 9.17) is 19.9 Å². The summed E-state index contributed by atoms with van der Waals surface area (Å²) >= 11 is 0. The zero-order valence-electron chi connectivity index (χ0n) is 17.3. The van der Waals surface area contributed by atoms with Crippen LogP contribution in [0.25, 0.3) is 11.1 Å². The molecule has 4 N–H and O–H groups in total. The van der Waals surface area contributed by atoms with E-state index >= 15 is 0 Å². The summed E-state index contributed by atoms with van der Waals surface area (Å²) in [7, 11) is 0. The minimum Gasteiger partial charge on any atom is -0.478 e. The number of benzene rings is 2. The third kappa shape index (κ3) is 3.96. The number of amides is 1. The van der Waals surface area contributed by atoms with Gasteiger partial charge >= 0.3 is 12.1 Å². The second-order valence-corrected chi connectivity index (χ2v) is 8.85. The van der Waals surface area contributed by atoms with E-state index in [1.165, 1.54) is 0 Å². The fourth-order valence-corrected chi connectivity index (χ4v) is 4.62. The van der Waals surface area contributed by atoms with E-state index in [0.29, 0.717) is 29.7 Å². The number of carbonyl (C=O) groups is 2. The van der Waals surface area contributed by atoms with Crippen LogP contribution in [-0.2, 0) is 16.1 Å². The summed E-state index contributed by atoms with van der Waals surface area (Å²) in [5.41, 5.74) is 7.13. The van der Waals surface area contributed by atoms with Crippen molar-refractivity contribution in [1.82, 2.24) is 0 Å². The number of ether oxygens (including phenoxy) is 3. The Labute approximate surface area is 179 Å². The monoisotopic (exact) mass is 427 g/mol. The Morgan fingerprint density at radius 2 is 1.94 bits per heavy atom. The minimum absolute atomic E-state index is 0.139. The molecule has 1 aliphatic carbocycles. The number of fused-ring (bicyclic) bond motifs is 1. The molecule has 2 aliphatic rings. The zero-order chi connectivity index (χ0) is 22.4.